The molecule has 1 saturated heterocycles. The lowest BCUT2D eigenvalue weighted by atomic mass is 10.1. The Balaban J connectivity index is 1.49. The number of nitrogens with two attached hydrogens (primary N) is 1. The van der Waals surface area contributed by atoms with Crippen LogP contribution in [0, 0.1) is 6.92 Å². The molecule has 140 valence electrons. The molecule has 5 nitrogen and oxygen atoms in total. The summed E-state index contributed by atoms with van der Waals surface area (Å²) in [6, 6.07) is 12.6. The van der Waals surface area contributed by atoms with Gasteiger partial charge in [0.15, 0.2) is 11.8 Å². The van der Waals surface area contributed by atoms with E-state index in [2.05, 4.69) is 23.6 Å². The zero-order valence-electron chi connectivity index (χ0n) is 15.8. The minimum Gasteiger partial charge on any atom is -0.463 e. The lowest BCUT2D eigenvalue weighted by Gasteiger charge is -2.22. The van der Waals surface area contributed by atoms with Crippen molar-refractivity contribution in [3.63, 3.8) is 0 Å². The van der Waals surface area contributed by atoms with Gasteiger partial charge in [0, 0.05) is 18.5 Å². The van der Waals surface area contributed by atoms with Crippen molar-refractivity contribution < 1.29 is 19.4 Å². The normalized spacial score (nSPS) is 17.2. The first kappa shape index (κ1) is 18.7. The molecule has 0 saturated carbocycles. The number of quaternary nitrogens is 2. The van der Waals surface area contributed by atoms with Gasteiger partial charge in [0.05, 0.1) is 31.8 Å². The van der Waals surface area contributed by atoms with Crippen molar-refractivity contribution in [2.45, 2.75) is 45.2 Å². The van der Waals surface area contributed by atoms with Gasteiger partial charge in [0.1, 0.15) is 6.54 Å². The smallest absolute Gasteiger partial charge is 0.230 e. The average Bonchev–Trinajstić information content (AvgIpc) is 3.31. The molecule has 1 aliphatic rings. The molecule has 1 amide bonds. The first-order chi connectivity index (χ1) is 12.6. The van der Waals surface area contributed by atoms with E-state index in [1.54, 1.807) is 11.2 Å². The molecule has 0 unspecified atom stereocenters. The van der Waals surface area contributed by atoms with Crippen LogP contribution >= 0.6 is 0 Å². The summed E-state index contributed by atoms with van der Waals surface area (Å²) in [6.07, 6.45) is 4.85. The number of benzene rings is 1. The monoisotopic (exact) mass is 357 g/mol. The van der Waals surface area contributed by atoms with Gasteiger partial charge in [0.25, 0.3) is 0 Å². The van der Waals surface area contributed by atoms with Gasteiger partial charge in [-0.3, -0.25) is 4.79 Å². The Morgan fingerprint density at radius 1 is 1.23 bits per heavy atom. The molecule has 1 aliphatic heterocycles. The summed E-state index contributed by atoms with van der Waals surface area (Å²) in [5.74, 6) is 1.13. The second kappa shape index (κ2) is 9.01. The Morgan fingerprint density at radius 3 is 2.62 bits per heavy atom. The van der Waals surface area contributed by atoms with E-state index in [0.29, 0.717) is 12.5 Å². The van der Waals surface area contributed by atoms with Crippen molar-refractivity contribution in [3.8, 4) is 0 Å². The van der Waals surface area contributed by atoms with E-state index in [4.69, 9.17) is 4.42 Å². The van der Waals surface area contributed by atoms with Crippen molar-refractivity contribution in [1.29, 1.82) is 0 Å². The molecule has 2 atom stereocenters. The number of nitrogens with one attached hydrogen (secondary N) is 2. The third-order valence-corrected chi connectivity index (χ3v) is 5.24. The molecule has 0 bridgehead atoms. The van der Waals surface area contributed by atoms with Gasteiger partial charge < -0.3 is 20.0 Å². The molecule has 0 radical (unpaired) electrons. The Kier molecular flexibility index (Phi) is 6.47. The van der Waals surface area contributed by atoms with Gasteiger partial charge >= 0.3 is 0 Å². The number of aryl methyl sites for hydroxylation is 1. The van der Waals surface area contributed by atoms with Crippen LogP contribution in [0.4, 0.5) is 5.69 Å². The molecular formula is C21H31N3O2+2. The number of amides is 1. The molecule has 3 rings (SSSR count). The van der Waals surface area contributed by atoms with Gasteiger partial charge in [-0.15, -0.1) is 0 Å². The summed E-state index contributed by atoms with van der Waals surface area (Å²) in [5, 5.41) is 5.27. The van der Waals surface area contributed by atoms with E-state index >= 15 is 0 Å². The predicted molar refractivity (Wildman–Crippen MR) is 102 cm³/mol. The maximum absolute atomic E-state index is 12.3. The van der Waals surface area contributed by atoms with Crippen molar-refractivity contribution in [2.75, 3.05) is 25.0 Å². The highest BCUT2D eigenvalue weighted by molar-refractivity contribution is 5.90. The van der Waals surface area contributed by atoms with E-state index in [9.17, 15) is 4.79 Å². The number of rotatable bonds is 8. The number of anilines is 1. The molecule has 2 aromatic rings. The van der Waals surface area contributed by atoms with Gasteiger partial charge in [-0.2, -0.15) is 0 Å². The molecule has 5 heteroatoms. The number of carbonyl (C=O) groups excluding carboxylic acids is 1. The van der Waals surface area contributed by atoms with E-state index in [-0.39, 0.29) is 11.9 Å². The summed E-state index contributed by atoms with van der Waals surface area (Å²) in [6.45, 7) is 7.53. The highest BCUT2D eigenvalue weighted by atomic mass is 16.3. The quantitative estimate of drug-likeness (QED) is 0.667. The molecule has 1 aromatic heterocycles. The summed E-state index contributed by atoms with van der Waals surface area (Å²) < 4.78 is 5.69. The van der Waals surface area contributed by atoms with Crippen LogP contribution in [0.2, 0.25) is 0 Å². The van der Waals surface area contributed by atoms with Crippen molar-refractivity contribution in [1.82, 2.24) is 0 Å². The SMILES string of the molecule is Cc1ccc(NC(=O)C[C@@H](C)[NH2+]C[C@H](c2ccco2)[NH+]2CCCC2)cc1. The van der Waals surface area contributed by atoms with Crippen LogP contribution in [-0.2, 0) is 4.79 Å². The summed E-state index contributed by atoms with van der Waals surface area (Å²) in [7, 11) is 0. The Morgan fingerprint density at radius 2 is 1.96 bits per heavy atom. The third-order valence-electron chi connectivity index (χ3n) is 5.24. The molecule has 2 heterocycles. The molecule has 4 N–H and O–H groups in total. The average molecular weight is 357 g/mol. The first-order valence-corrected chi connectivity index (χ1v) is 9.69. The molecule has 1 aromatic carbocycles. The summed E-state index contributed by atoms with van der Waals surface area (Å²) in [4.78, 5) is 13.9. The van der Waals surface area contributed by atoms with E-state index in [1.165, 1.54) is 31.5 Å². The zero-order chi connectivity index (χ0) is 18.4. The summed E-state index contributed by atoms with van der Waals surface area (Å²) in [5.41, 5.74) is 2.06. The fourth-order valence-electron chi connectivity index (χ4n) is 3.74. The van der Waals surface area contributed by atoms with Crippen molar-refractivity contribution in [3.05, 3.63) is 54.0 Å². The maximum Gasteiger partial charge on any atom is 0.230 e. The first-order valence-electron chi connectivity index (χ1n) is 9.69. The highest BCUT2D eigenvalue weighted by Crippen LogP contribution is 2.11. The van der Waals surface area contributed by atoms with E-state index in [0.717, 1.165) is 18.0 Å². The van der Waals surface area contributed by atoms with Crippen LogP contribution in [-0.4, -0.2) is 31.6 Å². The predicted octanol–water partition coefficient (Wildman–Crippen LogP) is 1.29. The molecule has 0 spiro atoms. The highest BCUT2D eigenvalue weighted by Gasteiger charge is 2.31. The maximum atomic E-state index is 12.3. The Labute approximate surface area is 155 Å². The van der Waals surface area contributed by atoms with Crippen LogP contribution in [0.3, 0.4) is 0 Å². The fourth-order valence-corrected chi connectivity index (χ4v) is 3.74. The number of likely N-dealkylation sites (tertiary alicyclic amines) is 1. The van der Waals surface area contributed by atoms with Crippen LogP contribution in [0.25, 0.3) is 0 Å². The standard InChI is InChI=1S/C21H29N3O2/c1-16-7-9-18(10-8-16)23-21(25)14-17(2)22-15-19(20-6-5-13-26-20)24-11-3-4-12-24/h5-10,13,17,19,22H,3-4,11-12,14-15H2,1-2H3,(H,23,25)/p+2/t17-,19-/m1/s1. The topological polar surface area (TPSA) is 63.3 Å². The lowest BCUT2D eigenvalue weighted by Crippen LogP contribution is -3.13. The van der Waals surface area contributed by atoms with Gasteiger partial charge in [-0.1, -0.05) is 17.7 Å². The van der Waals surface area contributed by atoms with Crippen LogP contribution in [0.1, 0.15) is 43.6 Å². The number of carbonyl (C=O) groups is 1. The van der Waals surface area contributed by atoms with Crippen molar-refractivity contribution in [2.24, 2.45) is 0 Å². The van der Waals surface area contributed by atoms with Crippen LogP contribution in [0.5, 0.6) is 0 Å². The fraction of sp³-hybridized carbons (Fsp3) is 0.476. The van der Waals surface area contributed by atoms with E-state index < -0.39 is 0 Å². The van der Waals surface area contributed by atoms with Crippen LogP contribution < -0.4 is 15.5 Å². The van der Waals surface area contributed by atoms with E-state index in [1.807, 2.05) is 37.3 Å². The summed E-state index contributed by atoms with van der Waals surface area (Å²) >= 11 is 0. The van der Waals surface area contributed by atoms with Gasteiger partial charge in [-0.05, 0) is 38.1 Å². The minimum atomic E-state index is 0.0701. The molecule has 0 aliphatic carbocycles. The molecule has 1 fully saturated rings. The number of hydrogen-bond donors (Lipinski definition) is 3. The molecular weight excluding hydrogens is 326 g/mol. The largest absolute Gasteiger partial charge is 0.463 e. The van der Waals surface area contributed by atoms with Gasteiger partial charge in [0.2, 0.25) is 5.91 Å². The van der Waals surface area contributed by atoms with Crippen molar-refractivity contribution >= 4 is 11.6 Å². The Hall–Kier alpha value is -2.11. The van der Waals surface area contributed by atoms with Gasteiger partial charge in [-0.25, -0.2) is 0 Å². The van der Waals surface area contributed by atoms with Crippen LogP contribution in [0.15, 0.2) is 47.1 Å². The number of hydrogen-bond acceptors (Lipinski definition) is 2. The lowest BCUT2D eigenvalue weighted by molar-refractivity contribution is -0.937. The zero-order valence-corrected chi connectivity index (χ0v) is 15.8. The Bertz CT molecular complexity index is 676. The molecule has 26 heavy (non-hydrogen) atoms. The number of furan rings is 1. The second-order valence-corrected chi connectivity index (χ2v) is 7.50. The third kappa shape index (κ3) is 5.19. The minimum absolute atomic E-state index is 0.0701. The second-order valence-electron chi connectivity index (χ2n) is 7.50.